The van der Waals surface area contributed by atoms with Crippen molar-refractivity contribution in [3.8, 4) is 0 Å². The van der Waals surface area contributed by atoms with Gasteiger partial charge in [0.15, 0.2) is 15.0 Å². The number of aliphatic imine (C=N–C) groups is 1. The Morgan fingerprint density at radius 2 is 1.97 bits per heavy atom. The molecule has 10 heteroatoms. The molecule has 2 amide bonds. The highest BCUT2D eigenvalue weighted by molar-refractivity contribution is 8.14. The molecule has 4 rings (SSSR count). The maximum absolute atomic E-state index is 13.5. The quantitative estimate of drug-likeness (QED) is 0.651. The average Bonchev–Trinajstić information content (AvgIpc) is 3.36. The van der Waals surface area contributed by atoms with Crippen LogP contribution in [-0.4, -0.2) is 70.4 Å². The first-order valence-electron chi connectivity index (χ1n) is 11.0. The first-order valence-corrected chi connectivity index (χ1v) is 13.9. The Morgan fingerprint density at radius 3 is 2.59 bits per heavy atom. The Bertz CT molecular complexity index is 1070. The fourth-order valence-corrected chi connectivity index (χ4v) is 7.10. The van der Waals surface area contributed by atoms with Crippen LogP contribution in [0.4, 0.5) is 5.69 Å². The number of carbonyl (C=O) groups excluding carboxylic acids is 2. The Hall–Kier alpha value is -2.20. The van der Waals surface area contributed by atoms with Crippen LogP contribution in [0.5, 0.6) is 0 Å². The molecule has 0 aliphatic carbocycles. The fourth-order valence-electron chi connectivity index (χ4n) is 4.14. The number of hydrogen-bond donors (Lipinski definition) is 0. The van der Waals surface area contributed by atoms with Gasteiger partial charge in [0.1, 0.15) is 5.71 Å². The summed E-state index contributed by atoms with van der Waals surface area (Å²) in [6, 6.07) is 7.48. The highest BCUT2D eigenvalue weighted by Gasteiger charge is 2.40. The molecule has 3 heterocycles. The van der Waals surface area contributed by atoms with Gasteiger partial charge in [-0.3, -0.25) is 14.5 Å². The number of nitrogens with zero attached hydrogens (tertiary/aromatic N) is 4. The van der Waals surface area contributed by atoms with Crippen molar-refractivity contribution in [3.05, 3.63) is 29.8 Å². The molecule has 0 saturated carbocycles. The Morgan fingerprint density at radius 1 is 1.22 bits per heavy atom. The standard InChI is InChI=1S/C22H28N4O4S2/c1-3-15-5-7-16(8-6-15)23-22-25(17(4-2)13-31-22)21(28)19-9-10-20(27)26(24-19)18-11-12-32(29,30)14-18/h5-8,17-18H,3-4,9-14H2,1-2H3. The first-order chi connectivity index (χ1) is 15.3. The summed E-state index contributed by atoms with van der Waals surface area (Å²) in [5.74, 6) is 0.237. The molecule has 1 aromatic rings. The number of hydrazone groups is 1. The zero-order chi connectivity index (χ0) is 22.9. The van der Waals surface area contributed by atoms with Crippen LogP contribution >= 0.6 is 11.8 Å². The summed E-state index contributed by atoms with van der Waals surface area (Å²) in [6.45, 7) is 4.13. The molecule has 1 aromatic carbocycles. The molecule has 2 saturated heterocycles. The van der Waals surface area contributed by atoms with Gasteiger partial charge >= 0.3 is 0 Å². The van der Waals surface area contributed by atoms with Crippen molar-refractivity contribution in [3.63, 3.8) is 0 Å². The molecule has 2 atom stereocenters. The van der Waals surface area contributed by atoms with Gasteiger partial charge in [-0.15, -0.1) is 0 Å². The van der Waals surface area contributed by atoms with Crippen LogP contribution in [0.25, 0.3) is 0 Å². The van der Waals surface area contributed by atoms with E-state index in [1.807, 2.05) is 31.2 Å². The second-order valence-corrected chi connectivity index (χ2v) is 11.5. The van der Waals surface area contributed by atoms with Crippen molar-refractivity contribution in [1.82, 2.24) is 9.91 Å². The number of benzene rings is 1. The van der Waals surface area contributed by atoms with Crippen LogP contribution in [-0.2, 0) is 25.8 Å². The topological polar surface area (TPSA) is 99.5 Å². The van der Waals surface area contributed by atoms with E-state index in [4.69, 9.17) is 4.99 Å². The fraction of sp³-hybridized carbons (Fsp3) is 0.545. The van der Waals surface area contributed by atoms with Crippen LogP contribution in [0, 0.1) is 0 Å². The molecule has 0 aromatic heterocycles. The van der Waals surface area contributed by atoms with E-state index < -0.39 is 15.9 Å². The maximum Gasteiger partial charge on any atom is 0.276 e. The van der Waals surface area contributed by atoms with Gasteiger partial charge in [-0.25, -0.2) is 18.4 Å². The molecule has 3 aliphatic rings. The molecule has 3 aliphatic heterocycles. The molecule has 0 bridgehead atoms. The summed E-state index contributed by atoms with van der Waals surface area (Å²) in [5.41, 5.74) is 2.31. The SMILES string of the molecule is CCc1ccc(N=C2SCC(CC)N2C(=O)C2=NN(C3CCS(=O)(=O)C3)C(=O)CC2)cc1. The number of rotatable bonds is 5. The molecule has 0 N–H and O–H groups in total. The van der Waals surface area contributed by atoms with Gasteiger partial charge in [-0.1, -0.05) is 37.7 Å². The van der Waals surface area contributed by atoms with E-state index in [2.05, 4.69) is 12.0 Å². The number of amidine groups is 1. The Balaban J connectivity index is 1.60. The third-order valence-corrected chi connectivity index (χ3v) is 8.94. The smallest absolute Gasteiger partial charge is 0.276 e. The van der Waals surface area contributed by atoms with E-state index >= 15 is 0 Å². The number of thioether (sulfide) groups is 1. The molecule has 2 fully saturated rings. The van der Waals surface area contributed by atoms with Gasteiger partial charge in [0.05, 0.1) is 23.2 Å². The van der Waals surface area contributed by atoms with Crippen LogP contribution in [0.3, 0.4) is 0 Å². The first kappa shape index (κ1) is 23.0. The minimum atomic E-state index is -3.16. The third-order valence-electron chi connectivity index (χ3n) is 6.10. The van der Waals surface area contributed by atoms with Gasteiger partial charge in [0, 0.05) is 24.6 Å². The largest absolute Gasteiger partial charge is 0.282 e. The second-order valence-electron chi connectivity index (χ2n) is 8.30. The van der Waals surface area contributed by atoms with Crippen LogP contribution in [0.1, 0.15) is 45.1 Å². The number of aryl methyl sites for hydroxylation is 1. The summed E-state index contributed by atoms with van der Waals surface area (Å²) < 4.78 is 23.7. The van der Waals surface area contributed by atoms with Crippen LogP contribution < -0.4 is 0 Å². The molecule has 32 heavy (non-hydrogen) atoms. The Labute approximate surface area is 193 Å². The van der Waals surface area contributed by atoms with E-state index in [9.17, 15) is 18.0 Å². The predicted octanol–water partition coefficient (Wildman–Crippen LogP) is 2.76. The van der Waals surface area contributed by atoms with Gasteiger partial charge in [0.2, 0.25) is 5.91 Å². The van der Waals surface area contributed by atoms with Crippen molar-refractivity contribution in [2.75, 3.05) is 17.3 Å². The highest BCUT2D eigenvalue weighted by atomic mass is 32.2. The van der Waals surface area contributed by atoms with E-state index in [0.29, 0.717) is 17.3 Å². The van der Waals surface area contributed by atoms with Gasteiger partial charge < -0.3 is 0 Å². The summed E-state index contributed by atoms with van der Waals surface area (Å²) in [6.07, 6.45) is 2.50. The lowest BCUT2D eigenvalue weighted by molar-refractivity contribution is -0.133. The third kappa shape index (κ3) is 4.76. The molecule has 2 unspecified atom stereocenters. The van der Waals surface area contributed by atoms with Crippen molar-refractivity contribution >= 4 is 50.0 Å². The number of carbonyl (C=O) groups is 2. The van der Waals surface area contributed by atoms with Gasteiger partial charge in [0.25, 0.3) is 5.91 Å². The zero-order valence-electron chi connectivity index (χ0n) is 18.4. The van der Waals surface area contributed by atoms with Crippen molar-refractivity contribution < 1.29 is 18.0 Å². The van der Waals surface area contributed by atoms with E-state index in [1.165, 1.54) is 10.6 Å². The lowest BCUT2D eigenvalue weighted by atomic mass is 10.1. The number of hydrogen-bond acceptors (Lipinski definition) is 7. The van der Waals surface area contributed by atoms with E-state index in [0.717, 1.165) is 24.3 Å². The summed E-state index contributed by atoms with van der Waals surface area (Å²) in [4.78, 5) is 32.4. The Kier molecular flexibility index (Phi) is 6.71. The van der Waals surface area contributed by atoms with Crippen LogP contribution in [0.2, 0.25) is 0 Å². The molecular formula is C22H28N4O4S2. The minimum absolute atomic E-state index is 0.00167. The second kappa shape index (κ2) is 9.35. The summed E-state index contributed by atoms with van der Waals surface area (Å²) in [5, 5.41) is 6.25. The highest BCUT2D eigenvalue weighted by Crippen LogP contribution is 2.30. The van der Waals surface area contributed by atoms with Crippen molar-refractivity contribution in [1.29, 1.82) is 0 Å². The number of sulfone groups is 1. The molecular weight excluding hydrogens is 448 g/mol. The zero-order valence-corrected chi connectivity index (χ0v) is 20.0. The van der Waals surface area contributed by atoms with E-state index in [1.54, 1.807) is 16.7 Å². The van der Waals surface area contributed by atoms with Gasteiger partial charge in [-0.05, 0) is 37.0 Å². The summed E-state index contributed by atoms with van der Waals surface area (Å²) >= 11 is 1.55. The van der Waals surface area contributed by atoms with Crippen LogP contribution in [0.15, 0.2) is 34.4 Å². The monoisotopic (exact) mass is 476 g/mol. The lowest BCUT2D eigenvalue weighted by Crippen LogP contribution is -2.47. The molecule has 0 radical (unpaired) electrons. The lowest BCUT2D eigenvalue weighted by Gasteiger charge is -2.30. The predicted molar refractivity (Wildman–Crippen MR) is 127 cm³/mol. The van der Waals surface area contributed by atoms with Crippen molar-refractivity contribution in [2.24, 2.45) is 10.1 Å². The molecule has 172 valence electrons. The summed E-state index contributed by atoms with van der Waals surface area (Å²) in [7, 11) is -3.16. The van der Waals surface area contributed by atoms with Gasteiger partial charge in [-0.2, -0.15) is 5.10 Å². The normalized spacial score (nSPS) is 26.6. The maximum atomic E-state index is 13.5. The van der Waals surface area contributed by atoms with Crippen molar-refractivity contribution in [2.45, 2.75) is 58.0 Å². The van der Waals surface area contributed by atoms with E-state index in [-0.39, 0.29) is 42.2 Å². The average molecular weight is 477 g/mol. The minimum Gasteiger partial charge on any atom is -0.282 e. The molecule has 8 nitrogen and oxygen atoms in total. The number of amides is 2. The molecule has 0 spiro atoms.